The van der Waals surface area contributed by atoms with Gasteiger partial charge in [-0.1, -0.05) is 18.5 Å². The number of anilines is 2. The van der Waals surface area contributed by atoms with E-state index in [1.165, 1.54) is 19.3 Å². The fourth-order valence-corrected chi connectivity index (χ4v) is 2.12. The fourth-order valence-electron chi connectivity index (χ4n) is 1.97. The molecule has 1 aliphatic rings. The van der Waals surface area contributed by atoms with E-state index in [0.29, 0.717) is 10.8 Å². The number of nitrogen functional groups attached to an aromatic ring is 1. The lowest BCUT2D eigenvalue weighted by Gasteiger charge is -2.42. The summed E-state index contributed by atoms with van der Waals surface area (Å²) in [5.41, 5.74) is 6.71. The number of aromatic nitrogens is 1. The number of nitrogens with one attached hydrogen (secondary N) is 1. The molecular formula is C11H16ClN3. The molecule has 1 heterocycles. The second-order valence-electron chi connectivity index (χ2n) is 4.18. The van der Waals surface area contributed by atoms with Gasteiger partial charge in [0.25, 0.3) is 0 Å². The molecule has 1 aromatic rings. The molecule has 4 heteroatoms. The van der Waals surface area contributed by atoms with E-state index >= 15 is 0 Å². The number of halogens is 1. The standard InChI is InChI=1S/C11H16ClN3/c1-2-11(6-3-7-11)15-10-8(13)4-5-9(12)14-10/h4-5H,2-3,6-7,13H2,1H3,(H,14,15). The highest BCUT2D eigenvalue weighted by molar-refractivity contribution is 6.29. The Hall–Kier alpha value is -0.960. The Labute approximate surface area is 95.0 Å². The zero-order valence-electron chi connectivity index (χ0n) is 8.89. The maximum atomic E-state index is 5.85. The number of rotatable bonds is 3. The Morgan fingerprint density at radius 3 is 2.80 bits per heavy atom. The highest BCUT2D eigenvalue weighted by Crippen LogP contribution is 2.38. The molecule has 3 nitrogen and oxygen atoms in total. The molecule has 0 bridgehead atoms. The third-order valence-corrected chi connectivity index (χ3v) is 3.47. The molecule has 2 rings (SSSR count). The summed E-state index contributed by atoms with van der Waals surface area (Å²) in [6, 6.07) is 3.50. The van der Waals surface area contributed by atoms with Crippen LogP contribution < -0.4 is 11.1 Å². The lowest BCUT2D eigenvalue weighted by Crippen LogP contribution is -2.44. The van der Waals surface area contributed by atoms with Crippen LogP contribution in [-0.4, -0.2) is 10.5 Å². The van der Waals surface area contributed by atoms with Crippen molar-refractivity contribution in [1.82, 2.24) is 4.98 Å². The van der Waals surface area contributed by atoms with Crippen LogP contribution in [-0.2, 0) is 0 Å². The highest BCUT2D eigenvalue weighted by Gasteiger charge is 2.35. The SMILES string of the molecule is CCC1(Nc2nc(Cl)ccc2N)CCC1. The van der Waals surface area contributed by atoms with Crippen LogP contribution in [0.1, 0.15) is 32.6 Å². The van der Waals surface area contributed by atoms with Gasteiger partial charge in [-0.15, -0.1) is 0 Å². The minimum Gasteiger partial charge on any atom is -0.396 e. The third kappa shape index (κ3) is 2.02. The first kappa shape index (κ1) is 10.6. The molecule has 0 amide bonds. The van der Waals surface area contributed by atoms with Crippen LogP contribution in [0.15, 0.2) is 12.1 Å². The van der Waals surface area contributed by atoms with Crippen LogP contribution in [0.3, 0.4) is 0 Å². The molecule has 0 aliphatic heterocycles. The maximum Gasteiger partial charge on any atom is 0.151 e. The van der Waals surface area contributed by atoms with Crippen LogP contribution in [0, 0.1) is 0 Å². The van der Waals surface area contributed by atoms with Gasteiger partial charge in [0.15, 0.2) is 5.82 Å². The Morgan fingerprint density at radius 2 is 2.27 bits per heavy atom. The predicted octanol–water partition coefficient (Wildman–Crippen LogP) is 3.06. The van der Waals surface area contributed by atoms with Crippen molar-refractivity contribution in [2.45, 2.75) is 38.1 Å². The lowest BCUT2D eigenvalue weighted by molar-refractivity contribution is 0.269. The van der Waals surface area contributed by atoms with E-state index in [-0.39, 0.29) is 5.54 Å². The first-order valence-electron chi connectivity index (χ1n) is 5.35. The van der Waals surface area contributed by atoms with Gasteiger partial charge in [-0.3, -0.25) is 0 Å². The highest BCUT2D eigenvalue weighted by atomic mass is 35.5. The molecule has 15 heavy (non-hydrogen) atoms. The first-order valence-corrected chi connectivity index (χ1v) is 5.73. The number of nitrogens with zero attached hydrogens (tertiary/aromatic N) is 1. The minimum absolute atomic E-state index is 0.200. The summed E-state index contributed by atoms with van der Waals surface area (Å²) < 4.78 is 0. The third-order valence-electron chi connectivity index (χ3n) is 3.26. The summed E-state index contributed by atoms with van der Waals surface area (Å²) >= 11 is 5.84. The maximum absolute atomic E-state index is 5.85. The van der Waals surface area contributed by atoms with E-state index in [1.807, 2.05) is 0 Å². The van der Waals surface area contributed by atoms with Crippen LogP contribution >= 0.6 is 11.6 Å². The largest absolute Gasteiger partial charge is 0.396 e. The molecule has 1 saturated carbocycles. The molecule has 1 aromatic heterocycles. The molecule has 0 spiro atoms. The van der Waals surface area contributed by atoms with Crippen molar-refractivity contribution in [3.63, 3.8) is 0 Å². The number of hydrogen-bond acceptors (Lipinski definition) is 3. The van der Waals surface area contributed by atoms with Gasteiger partial charge in [0.2, 0.25) is 0 Å². The van der Waals surface area contributed by atoms with E-state index < -0.39 is 0 Å². The molecule has 0 unspecified atom stereocenters. The van der Waals surface area contributed by atoms with Gasteiger partial charge in [-0.25, -0.2) is 4.98 Å². The van der Waals surface area contributed by atoms with E-state index in [0.717, 1.165) is 12.2 Å². The van der Waals surface area contributed by atoms with Crippen molar-refractivity contribution in [2.24, 2.45) is 0 Å². The molecule has 1 aliphatic carbocycles. The number of hydrogen-bond donors (Lipinski definition) is 2. The molecule has 0 aromatic carbocycles. The van der Waals surface area contributed by atoms with Gasteiger partial charge < -0.3 is 11.1 Å². The van der Waals surface area contributed by atoms with Gasteiger partial charge in [0.05, 0.1) is 5.69 Å². The summed E-state index contributed by atoms with van der Waals surface area (Å²) in [7, 11) is 0. The molecular weight excluding hydrogens is 210 g/mol. The molecule has 0 atom stereocenters. The summed E-state index contributed by atoms with van der Waals surface area (Å²) in [6.45, 7) is 2.19. The van der Waals surface area contributed by atoms with Gasteiger partial charge >= 0.3 is 0 Å². The van der Waals surface area contributed by atoms with Crippen molar-refractivity contribution >= 4 is 23.1 Å². The van der Waals surface area contributed by atoms with E-state index in [2.05, 4.69) is 17.2 Å². The van der Waals surface area contributed by atoms with Crippen LogP contribution in [0.5, 0.6) is 0 Å². The normalized spacial score (nSPS) is 18.3. The van der Waals surface area contributed by atoms with Crippen LogP contribution in [0.4, 0.5) is 11.5 Å². The lowest BCUT2D eigenvalue weighted by atomic mass is 9.75. The second-order valence-corrected chi connectivity index (χ2v) is 4.57. The Morgan fingerprint density at radius 1 is 1.53 bits per heavy atom. The zero-order valence-corrected chi connectivity index (χ0v) is 9.64. The molecule has 82 valence electrons. The quantitative estimate of drug-likeness (QED) is 0.778. The topological polar surface area (TPSA) is 50.9 Å². The smallest absolute Gasteiger partial charge is 0.151 e. The van der Waals surface area contributed by atoms with E-state index in [4.69, 9.17) is 17.3 Å². The van der Waals surface area contributed by atoms with Gasteiger partial charge in [-0.2, -0.15) is 0 Å². The van der Waals surface area contributed by atoms with Crippen LogP contribution in [0.2, 0.25) is 5.15 Å². The Balaban J connectivity index is 2.19. The van der Waals surface area contributed by atoms with Crippen molar-refractivity contribution in [2.75, 3.05) is 11.1 Å². The fraction of sp³-hybridized carbons (Fsp3) is 0.545. The Kier molecular flexibility index (Phi) is 2.74. The summed E-state index contributed by atoms with van der Waals surface area (Å²) in [4.78, 5) is 4.22. The molecule has 0 saturated heterocycles. The van der Waals surface area contributed by atoms with Crippen molar-refractivity contribution in [3.05, 3.63) is 17.3 Å². The summed E-state index contributed by atoms with van der Waals surface area (Å²) in [5, 5.41) is 3.91. The number of nitrogens with two attached hydrogens (primary N) is 1. The second kappa shape index (κ2) is 3.89. The average Bonchev–Trinajstić information content (AvgIpc) is 2.17. The average molecular weight is 226 g/mol. The first-order chi connectivity index (χ1) is 7.15. The number of pyridine rings is 1. The van der Waals surface area contributed by atoms with Crippen molar-refractivity contribution in [1.29, 1.82) is 0 Å². The van der Waals surface area contributed by atoms with Gasteiger partial charge in [0.1, 0.15) is 5.15 Å². The molecule has 3 N–H and O–H groups in total. The van der Waals surface area contributed by atoms with Gasteiger partial charge in [0, 0.05) is 5.54 Å². The van der Waals surface area contributed by atoms with Crippen molar-refractivity contribution in [3.8, 4) is 0 Å². The minimum atomic E-state index is 0.200. The Bertz CT molecular complexity index is 355. The molecule has 0 radical (unpaired) electrons. The van der Waals surface area contributed by atoms with Gasteiger partial charge in [-0.05, 0) is 37.8 Å². The van der Waals surface area contributed by atoms with E-state index in [9.17, 15) is 0 Å². The van der Waals surface area contributed by atoms with E-state index in [1.54, 1.807) is 12.1 Å². The summed E-state index contributed by atoms with van der Waals surface area (Å²) in [6.07, 6.45) is 4.76. The molecule has 1 fully saturated rings. The monoisotopic (exact) mass is 225 g/mol. The van der Waals surface area contributed by atoms with Crippen molar-refractivity contribution < 1.29 is 0 Å². The van der Waals surface area contributed by atoms with Crippen LogP contribution in [0.25, 0.3) is 0 Å². The zero-order chi connectivity index (χ0) is 10.9. The summed E-state index contributed by atoms with van der Waals surface area (Å²) in [5.74, 6) is 0.726. The predicted molar refractivity (Wildman–Crippen MR) is 64.2 cm³/mol.